The van der Waals surface area contributed by atoms with Crippen molar-refractivity contribution >= 4 is 40.2 Å². The van der Waals surface area contributed by atoms with E-state index < -0.39 is 5.60 Å². The number of amides is 1. The molecule has 2 fully saturated rings. The summed E-state index contributed by atoms with van der Waals surface area (Å²) in [7, 11) is 0. The first-order valence-electron chi connectivity index (χ1n) is 12.2. The Hall–Kier alpha value is -3.33. The smallest absolute Gasteiger partial charge is 0.410 e. The van der Waals surface area contributed by atoms with Gasteiger partial charge in [0.25, 0.3) is 0 Å². The number of hydrogen-bond acceptors (Lipinski definition) is 8. The number of halogens is 1. The lowest BCUT2D eigenvalue weighted by molar-refractivity contribution is 0.0275. The Bertz CT molecular complexity index is 1260. The number of nitrogens with zero attached hydrogens (tertiary/aromatic N) is 4. The van der Waals surface area contributed by atoms with Crippen molar-refractivity contribution in [2.45, 2.75) is 51.7 Å². The fourth-order valence-corrected chi connectivity index (χ4v) is 4.06. The van der Waals surface area contributed by atoms with Crippen molar-refractivity contribution in [3.8, 4) is 11.6 Å². The van der Waals surface area contributed by atoms with Crippen molar-refractivity contribution in [2.24, 2.45) is 5.92 Å². The third kappa shape index (κ3) is 6.07. The Balaban J connectivity index is 1.29. The first kappa shape index (κ1) is 24.4. The van der Waals surface area contributed by atoms with Crippen LogP contribution in [0.3, 0.4) is 0 Å². The van der Waals surface area contributed by atoms with E-state index in [4.69, 9.17) is 25.8 Å². The highest BCUT2D eigenvalue weighted by atomic mass is 35.5. The van der Waals surface area contributed by atoms with Crippen LogP contribution >= 0.6 is 11.6 Å². The molecule has 9 nitrogen and oxygen atoms in total. The van der Waals surface area contributed by atoms with Gasteiger partial charge >= 0.3 is 6.09 Å². The molecule has 1 aliphatic heterocycles. The number of anilines is 2. The highest BCUT2D eigenvalue weighted by Gasteiger charge is 2.31. The second-order valence-electron chi connectivity index (χ2n) is 10.2. The van der Waals surface area contributed by atoms with Crippen LogP contribution < -0.4 is 14.8 Å². The second-order valence-corrected chi connectivity index (χ2v) is 10.6. The predicted octanol–water partition coefficient (Wildman–Crippen LogP) is 5.60. The predicted molar refractivity (Wildman–Crippen MR) is 137 cm³/mol. The van der Waals surface area contributed by atoms with Crippen molar-refractivity contribution in [3.05, 3.63) is 41.7 Å². The zero-order chi connectivity index (χ0) is 25.3. The van der Waals surface area contributed by atoms with Crippen LogP contribution in [0.4, 0.5) is 16.3 Å². The number of carbonyl (C=O) groups is 1. The van der Waals surface area contributed by atoms with Crippen LogP contribution in [0.25, 0.3) is 11.0 Å². The number of rotatable bonds is 7. The van der Waals surface area contributed by atoms with Gasteiger partial charge in [-0.3, -0.25) is 0 Å². The number of pyridine rings is 1. The normalized spacial score (nSPS) is 17.8. The van der Waals surface area contributed by atoms with Crippen molar-refractivity contribution in [1.82, 2.24) is 19.9 Å². The summed E-state index contributed by atoms with van der Waals surface area (Å²) >= 11 is 6.32. The molecular formula is C26H30ClN5O4. The lowest BCUT2D eigenvalue weighted by Crippen LogP contribution is -2.36. The molecule has 1 saturated carbocycles. The van der Waals surface area contributed by atoms with Gasteiger partial charge in [-0.05, 0) is 57.7 Å². The minimum Gasteiger partial charge on any atom is -0.492 e. The maximum atomic E-state index is 12.4. The van der Waals surface area contributed by atoms with Gasteiger partial charge in [0, 0.05) is 30.8 Å². The summed E-state index contributed by atoms with van der Waals surface area (Å²) in [4.78, 5) is 27.4. The molecule has 2 aliphatic rings. The molecule has 190 valence electrons. The third-order valence-electron chi connectivity index (χ3n) is 5.91. The Morgan fingerprint density at radius 3 is 2.78 bits per heavy atom. The summed E-state index contributed by atoms with van der Waals surface area (Å²) < 4.78 is 17.5. The van der Waals surface area contributed by atoms with Crippen LogP contribution in [-0.2, 0) is 4.74 Å². The van der Waals surface area contributed by atoms with Crippen molar-refractivity contribution < 1.29 is 19.0 Å². The zero-order valence-corrected chi connectivity index (χ0v) is 21.4. The Kier molecular flexibility index (Phi) is 6.75. The van der Waals surface area contributed by atoms with E-state index in [0.717, 1.165) is 5.69 Å². The Morgan fingerprint density at radius 2 is 2.00 bits per heavy atom. The van der Waals surface area contributed by atoms with Gasteiger partial charge in [0.05, 0.1) is 23.7 Å². The molecule has 1 saturated heterocycles. The van der Waals surface area contributed by atoms with Gasteiger partial charge in [-0.1, -0.05) is 11.6 Å². The fraction of sp³-hybridized carbons (Fsp3) is 0.462. The molecular weight excluding hydrogens is 482 g/mol. The molecule has 1 aliphatic carbocycles. The standard InChI is InChI=1S/C26H30ClN5O4/c1-26(2,3)36-25(33)32-11-10-18(13-32)35-22-9-8-20-23(31-22)24(29-15-28-20)30-17-6-7-19(27)21(12-17)34-14-16-4-5-16/h6-9,12,15-16,18H,4-5,10-11,13-14H2,1-3H3,(H,28,29,30)/t18-/m0/s1. The number of nitrogens with one attached hydrogen (secondary N) is 1. The monoisotopic (exact) mass is 511 g/mol. The molecule has 1 amide bonds. The second kappa shape index (κ2) is 9.97. The highest BCUT2D eigenvalue weighted by molar-refractivity contribution is 6.32. The van der Waals surface area contributed by atoms with E-state index in [1.807, 2.05) is 39.0 Å². The summed E-state index contributed by atoms with van der Waals surface area (Å²) in [6.07, 6.45) is 4.10. The molecule has 0 bridgehead atoms. The van der Waals surface area contributed by atoms with Crippen LogP contribution in [0.1, 0.15) is 40.0 Å². The SMILES string of the molecule is CC(C)(C)OC(=O)N1CC[C@H](Oc2ccc3ncnc(Nc4ccc(Cl)c(OCC5CC5)c4)c3n2)C1. The molecule has 36 heavy (non-hydrogen) atoms. The highest BCUT2D eigenvalue weighted by Crippen LogP contribution is 2.34. The molecule has 1 aromatic carbocycles. The number of fused-ring (bicyclic) bond motifs is 1. The van der Waals surface area contributed by atoms with E-state index >= 15 is 0 Å². The summed E-state index contributed by atoms with van der Waals surface area (Å²) in [5, 5.41) is 3.87. The number of likely N-dealkylation sites (tertiary alicyclic amines) is 1. The molecule has 3 aromatic rings. The molecule has 10 heteroatoms. The molecule has 0 unspecified atom stereocenters. The van der Waals surface area contributed by atoms with E-state index in [9.17, 15) is 4.79 Å². The molecule has 1 N–H and O–H groups in total. The zero-order valence-electron chi connectivity index (χ0n) is 20.7. The van der Waals surface area contributed by atoms with Crippen LogP contribution in [-0.4, -0.2) is 57.3 Å². The molecule has 0 spiro atoms. The van der Waals surface area contributed by atoms with Gasteiger partial charge in [-0.25, -0.2) is 19.7 Å². The quantitative estimate of drug-likeness (QED) is 0.437. The molecule has 3 heterocycles. The van der Waals surface area contributed by atoms with Crippen molar-refractivity contribution in [3.63, 3.8) is 0 Å². The van der Waals surface area contributed by atoms with Gasteiger partial charge in [0.2, 0.25) is 5.88 Å². The van der Waals surface area contributed by atoms with Gasteiger partial charge in [-0.15, -0.1) is 0 Å². The number of benzene rings is 1. The largest absolute Gasteiger partial charge is 0.492 e. The Labute approximate surface area is 215 Å². The molecule has 5 rings (SSSR count). The number of carbonyl (C=O) groups excluding carboxylic acids is 1. The average Bonchev–Trinajstić information content (AvgIpc) is 3.54. The molecule has 0 radical (unpaired) electrons. The van der Waals surface area contributed by atoms with E-state index in [1.54, 1.807) is 17.0 Å². The van der Waals surface area contributed by atoms with Gasteiger partial charge in [-0.2, -0.15) is 0 Å². The van der Waals surface area contributed by atoms with E-state index in [0.29, 0.717) is 65.5 Å². The molecule has 1 atom stereocenters. The molecule has 2 aromatic heterocycles. The van der Waals surface area contributed by atoms with Gasteiger partial charge in [0.15, 0.2) is 5.82 Å². The first-order chi connectivity index (χ1) is 17.2. The maximum absolute atomic E-state index is 12.4. The average molecular weight is 512 g/mol. The minimum atomic E-state index is -0.534. The van der Waals surface area contributed by atoms with E-state index in [1.165, 1.54) is 19.2 Å². The van der Waals surface area contributed by atoms with Gasteiger partial charge in [0.1, 0.15) is 29.3 Å². The van der Waals surface area contributed by atoms with Crippen LogP contribution in [0.15, 0.2) is 36.7 Å². The van der Waals surface area contributed by atoms with E-state index in [-0.39, 0.29) is 12.2 Å². The number of ether oxygens (including phenoxy) is 3. The van der Waals surface area contributed by atoms with Gasteiger partial charge < -0.3 is 24.4 Å². The van der Waals surface area contributed by atoms with Crippen LogP contribution in [0.5, 0.6) is 11.6 Å². The summed E-state index contributed by atoms with van der Waals surface area (Å²) in [6.45, 7) is 7.26. The fourth-order valence-electron chi connectivity index (χ4n) is 3.89. The lowest BCUT2D eigenvalue weighted by Gasteiger charge is -2.24. The topological polar surface area (TPSA) is 98.7 Å². The minimum absolute atomic E-state index is 0.175. The maximum Gasteiger partial charge on any atom is 0.410 e. The number of hydrogen-bond donors (Lipinski definition) is 1. The summed E-state index contributed by atoms with van der Waals surface area (Å²) in [6, 6.07) is 9.15. The van der Waals surface area contributed by atoms with E-state index in [2.05, 4.69) is 20.3 Å². The third-order valence-corrected chi connectivity index (χ3v) is 6.22. The van der Waals surface area contributed by atoms with Crippen molar-refractivity contribution in [2.75, 3.05) is 25.0 Å². The summed E-state index contributed by atoms with van der Waals surface area (Å²) in [5.41, 5.74) is 1.50. The lowest BCUT2D eigenvalue weighted by atomic mass is 10.2. The summed E-state index contributed by atoms with van der Waals surface area (Å²) in [5.74, 6) is 2.26. The number of aromatic nitrogens is 3. The first-order valence-corrected chi connectivity index (χ1v) is 12.6. The van der Waals surface area contributed by atoms with Crippen LogP contribution in [0, 0.1) is 5.92 Å². The van der Waals surface area contributed by atoms with Crippen LogP contribution in [0.2, 0.25) is 5.02 Å². The Morgan fingerprint density at radius 1 is 1.17 bits per heavy atom. The van der Waals surface area contributed by atoms with Crippen molar-refractivity contribution in [1.29, 1.82) is 0 Å².